The average molecular weight is 490 g/mol. The van der Waals surface area contributed by atoms with Crippen molar-refractivity contribution in [1.29, 1.82) is 0 Å². The molecule has 3 aromatic carbocycles. The summed E-state index contributed by atoms with van der Waals surface area (Å²) in [6.07, 6.45) is 5.96. The molecule has 1 aromatic heterocycles. The van der Waals surface area contributed by atoms with Gasteiger partial charge in [-0.3, -0.25) is 4.68 Å². The Morgan fingerprint density at radius 3 is 2.49 bits per heavy atom. The summed E-state index contributed by atoms with van der Waals surface area (Å²) >= 11 is 0. The Morgan fingerprint density at radius 2 is 1.74 bits per heavy atom. The Labute approximate surface area is 207 Å². The summed E-state index contributed by atoms with van der Waals surface area (Å²) in [6, 6.07) is 22.4. The van der Waals surface area contributed by atoms with Gasteiger partial charge in [0.2, 0.25) is 10.0 Å². The number of sulfonamides is 1. The Balaban J connectivity index is 1.53. The van der Waals surface area contributed by atoms with E-state index in [0.717, 1.165) is 12.0 Å². The van der Waals surface area contributed by atoms with Crippen molar-refractivity contribution in [2.24, 2.45) is 0 Å². The molecule has 6 nitrogen and oxygen atoms in total. The van der Waals surface area contributed by atoms with Crippen molar-refractivity contribution in [1.82, 2.24) is 14.5 Å². The van der Waals surface area contributed by atoms with Crippen molar-refractivity contribution in [3.8, 4) is 5.75 Å². The largest absolute Gasteiger partial charge is 0.493 e. The van der Waals surface area contributed by atoms with Gasteiger partial charge in [0.15, 0.2) is 0 Å². The third-order valence-electron chi connectivity index (χ3n) is 5.32. The second kappa shape index (κ2) is 10.5. The number of nitrogens with one attached hydrogen (secondary N) is 1. The molecule has 7 heteroatoms. The van der Waals surface area contributed by atoms with Crippen molar-refractivity contribution in [2.45, 2.75) is 39.3 Å². The van der Waals surface area contributed by atoms with Gasteiger partial charge in [0.05, 0.1) is 13.2 Å². The normalized spacial score (nSPS) is 12.4. The van der Waals surface area contributed by atoms with Crippen LogP contribution < -0.4 is 9.46 Å². The van der Waals surface area contributed by atoms with E-state index < -0.39 is 15.6 Å². The van der Waals surface area contributed by atoms with Crippen LogP contribution in [0.4, 0.5) is 0 Å². The van der Waals surface area contributed by atoms with Crippen LogP contribution in [0.3, 0.4) is 0 Å². The van der Waals surface area contributed by atoms with Crippen LogP contribution in [-0.4, -0.2) is 30.3 Å². The van der Waals surface area contributed by atoms with Crippen molar-refractivity contribution < 1.29 is 13.2 Å². The van der Waals surface area contributed by atoms with Gasteiger partial charge in [0.1, 0.15) is 5.75 Å². The molecule has 0 saturated heterocycles. The zero-order valence-electron chi connectivity index (χ0n) is 20.3. The van der Waals surface area contributed by atoms with Gasteiger partial charge in [-0.2, -0.15) is 5.10 Å². The van der Waals surface area contributed by atoms with E-state index in [4.69, 9.17) is 4.74 Å². The van der Waals surface area contributed by atoms with Crippen molar-refractivity contribution in [2.75, 3.05) is 6.61 Å². The topological polar surface area (TPSA) is 73.2 Å². The lowest BCUT2D eigenvalue weighted by Crippen LogP contribution is -2.39. The lowest BCUT2D eigenvalue weighted by atomic mass is 10.1. The first-order chi connectivity index (χ1) is 16.7. The summed E-state index contributed by atoms with van der Waals surface area (Å²) in [5, 5.41) is 7.87. The van der Waals surface area contributed by atoms with Crippen LogP contribution in [0.1, 0.15) is 37.5 Å². The number of benzene rings is 3. The second-order valence-corrected chi connectivity index (χ2v) is 11.1. The van der Waals surface area contributed by atoms with Gasteiger partial charge >= 0.3 is 0 Å². The molecule has 0 atom stereocenters. The first kappa shape index (κ1) is 24.7. The fraction of sp³-hybridized carbons (Fsp3) is 0.250. The summed E-state index contributed by atoms with van der Waals surface area (Å²) in [7, 11) is -3.59. The minimum absolute atomic E-state index is 0.470. The minimum atomic E-state index is -3.59. The van der Waals surface area contributed by atoms with Crippen LogP contribution in [0.2, 0.25) is 0 Å². The smallest absolute Gasteiger partial charge is 0.234 e. The molecule has 0 fully saturated rings. The molecule has 0 radical (unpaired) electrons. The molecule has 4 rings (SSSR count). The predicted molar refractivity (Wildman–Crippen MR) is 142 cm³/mol. The highest BCUT2D eigenvalue weighted by Crippen LogP contribution is 2.24. The van der Waals surface area contributed by atoms with Gasteiger partial charge in [-0.25, -0.2) is 13.1 Å². The van der Waals surface area contributed by atoms with E-state index in [9.17, 15) is 8.42 Å². The summed E-state index contributed by atoms with van der Waals surface area (Å²) in [6.45, 7) is 6.50. The van der Waals surface area contributed by atoms with Crippen molar-refractivity contribution >= 4 is 26.9 Å². The molecular weight excluding hydrogens is 458 g/mol. The monoisotopic (exact) mass is 489 g/mol. The Hall–Kier alpha value is -3.42. The predicted octanol–water partition coefficient (Wildman–Crippen LogP) is 5.39. The maximum atomic E-state index is 12.5. The summed E-state index contributed by atoms with van der Waals surface area (Å²) < 4.78 is 35.6. The zero-order valence-corrected chi connectivity index (χ0v) is 21.1. The molecular formula is C28H31N3O3S. The van der Waals surface area contributed by atoms with E-state index in [1.54, 1.807) is 12.3 Å². The first-order valence-electron chi connectivity index (χ1n) is 11.6. The first-order valence-corrected chi connectivity index (χ1v) is 13.1. The van der Waals surface area contributed by atoms with E-state index in [0.29, 0.717) is 24.5 Å². The van der Waals surface area contributed by atoms with Crippen LogP contribution in [0.5, 0.6) is 5.75 Å². The molecule has 0 aliphatic carbocycles. The number of rotatable bonds is 9. The number of hydrogen-bond donors (Lipinski definition) is 1. The molecule has 0 bridgehead atoms. The molecule has 0 saturated carbocycles. The van der Waals surface area contributed by atoms with Crippen LogP contribution in [0, 0.1) is 0 Å². The van der Waals surface area contributed by atoms with Crippen LogP contribution in [-0.2, 0) is 23.0 Å². The highest BCUT2D eigenvalue weighted by atomic mass is 32.2. The fourth-order valence-corrected chi connectivity index (χ4v) is 5.07. The highest BCUT2D eigenvalue weighted by Gasteiger charge is 2.17. The van der Waals surface area contributed by atoms with E-state index in [1.807, 2.05) is 68.0 Å². The van der Waals surface area contributed by atoms with Gasteiger partial charge in [0, 0.05) is 35.3 Å². The van der Waals surface area contributed by atoms with Gasteiger partial charge in [-0.05, 0) is 60.9 Å². The highest BCUT2D eigenvalue weighted by molar-refractivity contribution is 7.92. The molecule has 0 amide bonds. The lowest BCUT2D eigenvalue weighted by Gasteiger charge is -2.18. The van der Waals surface area contributed by atoms with Gasteiger partial charge < -0.3 is 4.74 Å². The molecule has 35 heavy (non-hydrogen) atoms. The van der Waals surface area contributed by atoms with Gasteiger partial charge in [0.25, 0.3) is 0 Å². The Morgan fingerprint density at radius 1 is 0.971 bits per heavy atom. The molecule has 0 unspecified atom stereocenters. The lowest BCUT2D eigenvalue weighted by molar-refractivity contribution is 0.321. The standard InChI is InChI=1S/C28H31N3O3S/c1-28(2,3)30-35(32,33)18-14-25-12-10-23(21-31-16-6-15-29-31)20-27(25)34-17-13-22-9-11-24-7-4-5-8-26(24)19-22/h4-12,14-16,18-20,30H,13,17,21H2,1-3H3/b18-14+. The van der Waals surface area contributed by atoms with Crippen molar-refractivity contribution in [3.05, 3.63) is 101 Å². The number of nitrogens with zero attached hydrogens (tertiary/aromatic N) is 2. The van der Waals surface area contributed by atoms with Gasteiger partial charge in [-0.1, -0.05) is 54.6 Å². The number of aromatic nitrogens is 2. The molecule has 0 aliphatic rings. The van der Waals surface area contributed by atoms with E-state index in [2.05, 4.69) is 40.2 Å². The quantitative estimate of drug-likeness (QED) is 0.342. The van der Waals surface area contributed by atoms with Crippen LogP contribution >= 0.6 is 0 Å². The number of ether oxygens (including phenoxy) is 1. The third-order valence-corrected chi connectivity index (χ3v) is 6.71. The molecule has 182 valence electrons. The number of hydrogen-bond acceptors (Lipinski definition) is 4. The minimum Gasteiger partial charge on any atom is -0.493 e. The van der Waals surface area contributed by atoms with E-state index in [-0.39, 0.29) is 0 Å². The van der Waals surface area contributed by atoms with Crippen LogP contribution in [0.15, 0.2) is 84.5 Å². The molecule has 1 N–H and O–H groups in total. The Kier molecular flexibility index (Phi) is 7.38. The maximum absolute atomic E-state index is 12.5. The van der Waals surface area contributed by atoms with Gasteiger partial charge in [-0.15, -0.1) is 0 Å². The zero-order chi connectivity index (χ0) is 24.9. The second-order valence-electron chi connectivity index (χ2n) is 9.56. The molecule has 1 heterocycles. The SMILES string of the molecule is CC(C)(C)NS(=O)(=O)/C=C/c1ccc(Cn2cccn2)cc1OCCc1ccc2ccccc2c1. The fourth-order valence-electron chi connectivity index (χ4n) is 3.82. The number of fused-ring (bicyclic) bond motifs is 1. The van der Waals surface area contributed by atoms with Crippen molar-refractivity contribution in [3.63, 3.8) is 0 Å². The van der Waals surface area contributed by atoms with E-state index in [1.165, 1.54) is 21.7 Å². The van der Waals surface area contributed by atoms with Crippen LogP contribution in [0.25, 0.3) is 16.8 Å². The maximum Gasteiger partial charge on any atom is 0.234 e. The van der Waals surface area contributed by atoms with E-state index >= 15 is 0 Å². The molecule has 0 aliphatic heterocycles. The average Bonchev–Trinajstić information content (AvgIpc) is 3.30. The third kappa shape index (κ3) is 7.28. The summed E-state index contributed by atoms with van der Waals surface area (Å²) in [5.41, 5.74) is 2.34. The summed E-state index contributed by atoms with van der Waals surface area (Å²) in [5.74, 6) is 0.637. The molecule has 0 spiro atoms. The Bertz CT molecular complexity index is 1420. The summed E-state index contributed by atoms with van der Waals surface area (Å²) in [4.78, 5) is 0. The molecule has 4 aromatic rings.